The van der Waals surface area contributed by atoms with E-state index in [0.29, 0.717) is 12.7 Å². The number of hydrogen-bond acceptors (Lipinski definition) is 3. The summed E-state index contributed by atoms with van der Waals surface area (Å²) in [7, 11) is 0. The van der Waals surface area contributed by atoms with Gasteiger partial charge in [0.25, 0.3) is 0 Å². The number of furan rings is 1. The second-order valence-corrected chi connectivity index (χ2v) is 6.45. The van der Waals surface area contributed by atoms with E-state index in [1.165, 1.54) is 44.1 Å². The molecular formula is C18H31NO2. The van der Waals surface area contributed by atoms with Crippen LogP contribution in [0.25, 0.3) is 0 Å². The van der Waals surface area contributed by atoms with E-state index in [4.69, 9.17) is 9.15 Å². The standard InChI is InChI=1S/C18H31NO2/c1-4-5-6-7-8-15(3)20-13-17-11-14(2)18(21-17)12-19-16-9-10-16/h11,15-16,19H,4-10,12-13H2,1-3H3. The Labute approximate surface area is 129 Å². The van der Waals surface area contributed by atoms with Crippen molar-refractivity contribution in [2.75, 3.05) is 0 Å². The second-order valence-electron chi connectivity index (χ2n) is 6.45. The van der Waals surface area contributed by atoms with Gasteiger partial charge in [-0.3, -0.25) is 0 Å². The molecule has 120 valence electrons. The van der Waals surface area contributed by atoms with Crippen LogP contribution in [0.2, 0.25) is 0 Å². The van der Waals surface area contributed by atoms with Crippen LogP contribution in [0, 0.1) is 6.92 Å². The van der Waals surface area contributed by atoms with Gasteiger partial charge in [0.1, 0.15) is 18.1 Å². The van der Waals surface area contributed by atoms with Gasteiger partial charge in [-0.2, -0.15) is 0 Å². The smallest absolute Gasteiger partial charge is 0.130 e. The van der Waals surface area contributed by atoms with Crippen molar-refractivity contribution in [3.05, 3.63) is 23.2 Å². The highest BCUT2D eigenvalue weighted by atomic mass is 16.5. The van der Waals surface area contributed by atoms with Crippen molar-refractivity contribution < 1.29 is 9.15 Å². The third-order valence-corrected chi connectivity index (χ3v) is 4.17. The molecule has 1 aliphatic carbocycles. The van der Waals surface area contributed by atoms with Gasteiger partial charge in [-0.1, -0.05) is 32.6 Å². The van der Waals surface area contributed by atoms with Crippen molar-refractivity contribution in [3.8, 4) is 0 Å². The van der Waals surface area contributed by atoms with E-state index in [2.05, 4.69) is 32.2 Å². The lowest BCUT2D eigenvalue weighted by molar-refractivity contribution is 0.0355. The summed E-state index contributed by atoms with van der Waals surface area (Å²) in [6, 6.07) is 2.84. The first kappa shape index (κ1) is 16.6. The molecule has 1 N–H and O–H groups in total. The Kier molecular flexibility index (Phi) is 6.78. The van der Waals surface area contributed by atoms with Gasteiger partial charge in [-0.05, 0) is 44.7 Å². The minimum absolute atomic E-state index is 0.320. The number of rotatable bonds is 11. The summed E-state index contributed by atoms with van der Waals surface area (Å²) in [6.07, 6.45) is 9.30. The van der Waals surface area contributed by atoms with Crippen LogP contribution >= 0.6 is 0 Å². The lowest BCUT2D eigenvalue weighted by atomic mass is 10.1. The molecule has 0 bridgehead atoms. The van der Waals surface area contributed by atoms with Gasteiger partial charge in [0, 0.05) is 6.04 Å². The van der Waals surface area contributed by atoms with Crippen molar-refractivity contribution in [3.63, 3.8) is 0 Å². The van der Waals surface area contributed by atoms with Crippen LogP contribution in [0.15, 0.2) is 10.5 Å². The molecular weight excluding hydrogens is 262 g/mol. The van der Waals surface area contributed by atoms with Gasteiger partial charge in [0.2, 0.25) is 0 Å². The first-order chi connectivity index (χ1) is 10.2. The molecule has 0 saturated heterocycles. The molecule has 1 aliphatic rings. The highest BCUT2D eigenvalue weighted by Gasteiger charge is 2.21. The molecule has 0 radical (unpaired) electrons. The first-order valence-electron chi connectivity index (χ1n) is 8.62. The van der Waals surface area contributed by atoms with Crippen molar-refractivity contribution in [1.29, 1.82) is 0 Å². The average molecular weight is 293 g/mol. The van der Waals surface area contributed by atoms with Gasteiger partial charge >= 0.3 is 0 Å². The number of hydrogen-bond donors (Lipinski definition) is 1. The van der Waals surface area contributed by atoms with Crippen LogP contribution in [-0.4, -0.2) is 12.1 Å². The van der Waals surface area contributed by atoms with E-state index in [1.54, 1.807) is 0 Å². The summed E-state index contributed by atoms with van der Waals surface area (Å²) in [5.41, 5.74) is 1.23. The molecule has 1 unspecified atom stereocenters. The fourth-order valence-corrected chi connectivity index (χ4v) is 2.53. The average Bonchev–Trinajstić information content (AvgIpc) is 3.23. The third kappa shape index (κ3) is 6.23. The number of aryl methyl sites for hydroxylation is 1. The fraction of sp³-hybridized carbons (Fsp3) is 0.778. The molecule has 3 heteroatoms. The monoisotopic (exact) mass is 293 g/mol. The predicted molar refractivity (Wildman–Crippen MR) is 86.3 cm³/mol. The van der Waals surface area contributed by atoms with Crippen molar-refractivity contribution in [2.24, 2.45) is 0 Å². The Hall–Kier alpha value is -0.800. The highest BCUT2D eigenvalue weighted by Crippen LogP contribution is 2.21. The Morgan fingerprint density at radius 2 is 2.14 bits per heavy atom. The molecule has 1 aromatic rings. The lowest BCUT2D eigenvalue weighted by Gasteiger charge is -2.11. The molecule has 0 amide bonds. The largest absolute Gasteiger partial charge is 0.462 e. The molecule has 21 heavy (non-hydrogen) atoms. The maximum absolute atomic E-state index is 5.90. The van der Waals surface area contributed by atoms with E-state index in [-0.39, 0.29) is 0 Å². The van der Waals surface area contributed by atoms with Crippen molar-refractivity contribution >= 4 is 0 Å². The summed E-state index contributed by atoms with van der Waals surface area (Å²) in [5.74, 6) is 2.02. The van der Waals surface area contributed by atoms with Gasteiger partial charge in [0.05, 0.1) is 12.6 Å². The van der Waals surface area contributed by atoms with Crippen LogP contribution in [0.4, 0.5) is 0 Å². The Bertz CT molecular complexity index is 409. The molecule has 2 rings (SSSR count). The maximum Gasteiger partial charge on any atom is 0.130 e. The SMILES string of the molecule is CCCCCCC(C)OCc1cc(C)c(CNC2CC2)o1. The second kappa shape index (κ2) is 8.60. The van der Waals surface area contributed by atoms with Crippen LogP contribution < -0.4 is 5.32 Å². The first-order valence-corrected chi connectivity index (χ1v) is 8.62. The number of unbranched alkanes of at least 4 members (excludes halogenated alkanes) is 3. The Morgan fingerprint density at radius 1 is 1.33 bits per heavy atom. The van der Waals surface area contributed by atoms with Crippen LogP contribution in [-0.2, 0) is 17.9 Å². The summed E-state index contributed by atoms with van der Waals surface area (Å²) in [5, 5.41) is 3.50. The summed E-state index contributed by atoms with van der Waals surface area (Å²) in [6.45, 7) is 7.97. The van der Waals surface area contributed by atoms with Gasteiger partial charge in [-0.15, -0.1) is 0 Å². The van der Waals surface area contributed by atoms with E-state index in [1.807, 2.05) is 0 Å². The number of nitrogens with one attached hydrogen (secondary N) is 1. The molecule has 1 aromatic heterocycles. The van der Waals surface area contributed by atoms with E-state index in [9.17, 15) is 0 Å². The Balaban J connectivity index is 1.66. The summed E-state index contributed by atoms with van der Waals surface area (Å²) >= 11 is 0. The van der Waals surface area contributed by atoms with Crippen molar-refractivity contribution in [1.82, 2.24) is 5.32 Å². The molecule has 3 nitrogen and oxygen atoms in total. The van der Waals surface area contributed by atoms with E-state index in [0.717, 1.165) is 30.5 Å². The molecule has 0 aromatic carbocycles. The quantitative estimate of drug-likeness (QED) is 0.600. The van der Waals surface area contributed by atoms with Crippen molar-refractivity contribution in [2.45, 2.75) is 91.0 Å². The third-order valence-electron chi connectivity index (χ3n) is 4.17. The molecule has 1 heterocycles. The minimum atomic E-state index is 0.320. The molecule has 0 spiro atoms. The molecule has 0 aliphatic heterocycles. The summed E-state index contributed by atoms with van der Waals surface area (Å²) < 4.78 is 11.8. The summed E-state index contributed by atoms with van der Waals surface area (Å²) in [4.78, 5) is 0. The predicted octanol–water partition coefficient (Wildman–Crippen LogP) is 4.72. The lowest BCUT2D eigenvalue weighted by Crippen LogP contribution is -2.15. The van der Waals surface area contributed by atoms with Crippen LogP contribution in [0.1, 0.15) is 75.9 Å². The zero-order valence-electron chi connectivity index (χ0n) is 13.9. The molecule has 1 atom stereocenters. The minimum Gasteiger partial charge on any atom is -0.462 e. The highest BCUT2D eigenvalue weighted by molar-refractivity contribution is 5.19. The van der Waals surface area contributed by atoms with Gasteiger partial charge in [-0.25, -0.2) is 0 Å². The molecule has 1 saturated carbocycles. The van der Waals surface area contributed by atoms with Crippen LogP contribution in [0.5, 0.6) is 0 Å². The van der Waals surface area contributed by atoms with E-state index < -0.39 is 0 Å². The Morgan fingerprint density at radius 3 is 2.86 bits per heavy atom. The fourth-order valence-electron chi connectivity index (χ4n) is 2.53. The molecule has 1 fully saturated rings. The zero-order valence-corrected chi connectivity index (χ0v) is 13.9. The van der Waals surface area contributed by atoms with E-state index >= 15 is 0 Å². The van der Waals surface area contributed by atoms with Crippen LogP contribution in [0.3, 0.4) is 0 Å². The zero-order chi connectivity index (χ0) is 15.1. The maximum atomic E-state index is 5.90. The van der Waals surface area contributed by atoms with Gasteiger partial charge < -0.3 is 14.5 Å². The topological polar surface area (TPSA) is 34.4 Å². The van der Waals surface area contributed by atoms with Gasteiger partial charge in [0.15, 0.2) is 0 Å². The normalized spacial score (nSPS) is 16.3. The number of ether oxygens (including phenoxy) is 1.